The largest absolute Gasteiger partial charge is 0.416 e. The van der Waals surface area contributed by atoms with Crippen LogP contribution in [-0.2, 0) is 17.5 Å². The summed E-state index contributed by atoms with van der Waals surface area (Å²) in [6.07, 6.45) is -1.63. The number of halogens is 3. The fourth-order valence-electron chi connectivity index (χ4n) is 3.68. The molecular formula is C21H20F3N5O2. The van der Waals surface area contributed by atoms with Crippen molar-refractivity contribution in [3.63, 3.8) is 0 Å². The molecular weight excluding hydrogens is 411 g/mol. The molecule has 3 aromatic rings. The lowest BCUT2D eigenvalue weighted by atomic mass is 10.1. The van der Waals surface area contributed by atoms with Gasteiger partial charge in [-0.1, -0.05) is 17.3 Å². The number of nitrogens with one attached hydrogen (secondary N) is 1. The number of amides is 1. The molecule has 1 saturated heterocycles. The van der Waals surface area contributed by atoms with Crippen molar-refractivity contribution in [3.05, 3.63) is 58.4 Å². The van der Waals surface area contributed by atoms with E-state index in [-0.39, 0.29) is 5.69 Å². The van der Waals surface area contributed by atoms with Crippen LogP contribution in [0.2, 0.25) is 0 Å². The van der Waals surface area contributed by atoms with Gasteiger partial charge in [-0.2, -0.15) is 13.2 Å². The van der Waals surface area contributed by atoms with E-state index in [0.29, 0.717) is 29.7 Å². The maximum atomic E-state index is 13.2. The lowest BCUT2D eigenvalue weighted by molar-refractivity contribution is -0.137. The van der Waals surface area contributed by atoms with E-state index in [1.165, 1.54) is 6.07 Å². The molecule has 2 aromatic carbocycles. The standard InChI is InChI=1S/C21H20F3N5O2/c22-21(23,24)14-8-9-18(28-10-4-1-5-11-28)17(12-14)25-19(30)13-29-20(31)15-6-2-3-7-16(15)26-27-29/h2-3,6-9,12H,1,4-5,10-11,13H2,(H,25,30). The average Bonchev–Trinajstić information content (AvgIpc) is 2.76. The van der Waals surface area contributed by atoms with Crippen molar-refractivity contribution >= 4 is 28.2 Å². The van der Waals surface area contributed by atoms with Gasteiger partial charge in [0, 0.05) is 13.1 Å². The highest BCUT2D eigenvalue weighted by Gasteiger charge is 2.32. The lowest BCUT2D eigenvalue weighted by Crippen LogP contribution is -2.32. The van der Waals surface area contributed by atoms with Crippen molar-refractivity contribution in [2.45, 2.75) is 32.0 Å². The Morgan fingerprint density at radius 2 is 1.81 bits per heavy atom. The molecule has 10 heteroatoms. The van der Waals surface area contributed by atoms with Crippen LogP contribution < -0.4 is 15.8 Å². The third-order valence-corrected chi connectivity index (χ3v) is 5.22. The third kappa shape index (κ3) is 4.52. The quantitative estimate of drug-likeness (QED) is 0.685. The summed E-state index contributed by atoms with van der Waals surface area (Å²) in [4.78, 5) is 27.1. The molecule has 0 bridgehead atoms. The zero-order valence-corrected chi connectivity index (χ0v) is 16.5. The van der Waals surface area contributed by atoms with Crippen molar-refractivity contribution < 1.29 is 18.0 Å². The second-order valence-corrected chi connectivity index (χ2v) is 7.39. The van der Waals surface area contributed by atoms with E-state index in [4.69, 9.17) is 0 Å². The molecule has 1 amide bonds. The molecule has 1 aromatic heterocycles. The number of anilines is 2. The first-order chi connectivity index (χ1) is 14.8. The minimum atomic E-state index is -4.54. The first kappa shape index (κ1) is 20.8. The highest BCUT2D eigenvalue weighted by Crippen LogP contribution is 2.36. The first-order valence-corrected chi connectivity index (χ1v) is 9.91. The van der Waals surface area contributed by atoms with E-state index in [0.717, 1.165) is 36.1 Å². The van der Waals surface area contributed by atoms with Crippen LogP contribution in [-0.4, -0.2) is 34.0 Å². The van der Waals surface area contributed by atoms with Gasteiger partial charge in [-0.3, -0.25) is 9.59 Å². The van der Waals surface area contributed by atoms with Crippen molar-refractivity contribution in [3.8, 4) is 0 Å². The topological polar surface area (TPSA) is 80.1 Å². The van der Waals surface area contributed by atoms with Crippen LogP contribution >= 0.6 is 0 Å². The molecule has 1 fully saturated rings. The Hall–Kier alpha value is -3.43. The summed E-state index contributed by atoms with van der Waals surface area (Å²) in [5.74, 6) is -0.663. The van der Waals surface area contributed by atoms with Gasteiger partial charge in [0.05, 0.1) is 22.3 Å². The molecule has 1 aliphatic rings. The Bertz CT molecular complexity index is 1170. The number of piperidine rings is 1. The number of carbonyl (C=O) groups is 1. The van der Waals surface area contributed by atoms with E-state index >= 15 is 0 Å². The van der Waals surface area contributed by atoms with E-state index in [1.54, 1.807) is 24.3 Å². The van der Waals surface area contributed by atoms with Gasteiger partial charge in [0.1, 0.15) is 12.1 Å². The highest BCUT2D eigenvalue weighted by molar-refractivity contribution is 5.94. The smallest absolute Gasteiger partial charge is 0.370 e. The van der Waals surface area contributed by atoms with Gasteiger partial charge in [0.15, 0.2) is 0 Å². The second-order valence-electron chi connectivity index (χ2n) is 7.39. The fourth-order valence-corrected chi connectivity index (χ4v) is 3.68. The normalized spacial score (nSPS) is 14.6. The molecule has 1 aliphatic heterocycles. The van der Waals surface area contributed by atoms with Gasteiger partial charge >= 0.3 is 6.18 Å². The molecule has 7 nitrogen and oxygen atoms in total. The van der Waals surface area contributed by atoms with Gasteiger partial charge in [0.25, 0.3) is 5.56 Å². The van der Waals surface area contributed by atoms with E-state index in [2.05, 4.69) is 15.6 Å². The van der Waals surface area contributed by atoms with Gasteiger partial charge in [-0.15, -0.1) is 5.10 Å². The Balaban J connectivity index is 1.62. The number of benzene rings is 2. The fraction of sp³-hybridized carbons (Fsp3) is 0.333. The molecule has 0 aliphatic carbocycles. The number of rotatable bonds is 4. The second kappa shape index (κ2) is 8.37. The van der Waals surface area contributed by atoms with Crippen LogP contribution in [0.5, 0.6) is 0 Å². The van der Waals surface area contributed by atoms with Crippen molar-refractivity contribution in [1.82, 2.24) is 15.0 Å². The molecule has 1 N–H and O–H groups in total. The summed E-state index contributed by atoms with van der Waals surface area (Å²) in [5.41, 5.74) is -0.372. The summed E-state index contributed by atoms with van der Waals surface area (Å²) in [7, 11) is 0. The summed E-state index contributed by atoms with van der Waals surface area (Å²) in [6, 6.07) is 9.90. The lowest BCUT2D eigenvalue weighted by Gasteiger charge is -2.31. The number of carbonyl (C=O) groups excluding carboxylic acids is 1. The van der Waals surface area contributed by atoms with E-state index in [1.807, 2.05) is 4.90 Å². The van der Waals surface area contributed by atoms with Crippen molar-refractivity contribution in [2.24, 2.45) is 0 Å². The van der Waals surface area contributed by atoms with Gasteiger partial charge in [0.2, 0.25) is 5.91 Å². The molecule has 4 rings (SSSR count). The Morgan fingerprint density at radius 1 is 1.06 bits per heavy atom. The SMILES string of the molecule is O=C(Cn1nnc2ccccc2c1=O)Nc1cc(C(F)(F)F)ccc1N1CCCCC1. The van der Waals surface area contributed by atoms with Crippen molar-refractivity contribution in [2.75, 3.05) is 23.3 Å². The van der Waals surface area contributed by atoms with Gasteiger partial charge in [-0.25, -0.2) is 4.68 Å². The molecule has 162 valence electrons. The van der Waals surface area contributed by atoms with Crippen LogP contribution in [0.4, 0.5) is 24.5 Å². The van der Waals surface area contributed by atoms with Crippen LogP contribution in [0.25, 0.3) is 10.9 Å². The zero-order chi connectivity index (χ0) is 22.0. The van der Waals surface area contributed by atoms with Gasteiger partial charge < -0.3 is 10.2 Å². The number of aromatic nitrogens is 3. The summed E-state index contributed by atoms with van der Waals surface area (Å²) < 4.78 is 40.6. The maximum Gasteiger partial charge on any atom is 0.416 e. The Labute approximate surface area is 175 Å². The number of alkyl halides is 3. The average molecular weight is 431 g/mol. The number of hydrogen-bond donors (Lipinski definition) is 1. The minimum Gasteiger partial charge on any atom is -0.370 e. The van der Waals surface area contributed by atoms with Crippen LogP contribution in [0.1, 0.15) is 24.8 Å². The predicted octanol–water partition coefficient (Wildman–Crippen LogP) is 3.44. The van der Waals surface area contributed by atoms with Crippen LogP contribution in [0.15, 0.2) is 47.3 Å². The third-order valence-electron chi connectivity index (χ3n) is 5.22. The van der Waals surface area contributed by atoms with Crippen molar-refractivity contribution in [1.29, 1.82) is 0 Å². The zero-order valence-electron chi connectivity index (χ0n) is 16.5. The molecule has 0 atom stereocenters. The van der Waals surface area contributed by atoms with E-state index < -0.39 is 29.8 Å². The molecule has 2 heterocycles. The minimum absolute atomic E-state index is 0.0588. The Kier molecular flexibility index (Phi) is 5.62. The number of hydrogen-bond acceptors (Lipinski definition) is 5. The molecule has 0 unspecified atom stereocenters. The molecule has 0 saturated carbocycles. The number of fused-ring (bicyclic) bond motifs is 1. The summed E-state index contributed by atoms with van der Waals surface area (Å²) >= 11 is 0. The molecule has 0 radical (unpaired) electrons. The Morgan fingerprint density at radius 3 is 2.55 bits per heavy atom. The van der Waals surface area contributed by atoms with E-state index in [9.17, 15) is 22.8 Å². The summed E-state index contributed by atoms with van der Waals surface area (Å²) in [6.45, 7) is 0.931. The van der Waals surface area contributed by atoms with Crippen LogP contribution in [0, 0.1) is 0 Å². The predicted molar refractivity (Wildman–Crippen MR) is 110 cm³/mol. The number of nitrogens with zero attached hydrogens (tertiary/aromatic N) is 4. The van der Waals surface area contributed by atoms with Crippen LogP contribution in [0.3, 0.4) is 0 Å². The molecule has 0 spiro atoms. The highest BCUT2D eigenvalue weighted by atomic mass is 19.4. The first-order valence-electron chi connectivity index (χ1n) is 9.91. The summed E-state index contributed by atoms with van der Waals surface area (Å²) in [5, 5.41) is 10.5. The monoisotopic (exact) mass is 431 g/mol. The maximum absolute atomic E-state index is 13.2. The molecule has 31 heavy (non-hydrogen) atoms. The van der Waals surface area contributed by atoms with Gasteiger partial charge in [-0.05, 0) is 49.6 Å².